The molecule has 1 fully saturated rings. The van der Waals surface area contributed by atoms with Gasteiger partial charge in [0.05, 0.1) is 12.1 Å². The molecule has 0 bridgehead atoms. The van der Waals surface area contributed by atoms with Gasteiger partial charge in [0.2, 0.25) is 5.91 Å². The number of nitrogens with zero attached hydrogens (tertiary/aromatic N) is 2. The van der Waals surface area contributed by atoms with Crippen LogP contribution in [0.3, 0.4) is 0 Å². The van der Waals surface area contributed by atoms with Crippen LogP contribution < -0.4 is 5.32 Å². The summed E-state index contributed by atoms with van der Waals surface area (Å²) in [5.74, 6) is -0.105. The molecule has 138 valence electrons. The lowest BCUT2D eigenvalue weighted by Crippen LogP contribution is -2.27. The van der Waals surface area contributed by atoms with Crippen LogP contribution in [0.15, 0.2) is 46.5 Å². The zero-order valence-corrected chi connectivity index (χ0v) is 16.3. The van der Waals surface area contributed by atoms with Crippen molar-refractivity contribution in [2.24, 2.45) is 0 Å². The van der Waals surface area contributed by atoms with Crippen molar-refractivity contribution in [1.82, 2.24) is 9.88 Å². The van der Waals surface area contributed by atoms with Crippen LogP contribution in [0.1, 0.15) is 28.9 Å². The van der Waals surface area contributed by atoms with Crippen LogP contribution in [0.5, 0.6) is 0 Å². The Balaban J connectivity index is 1.39. The highest BCUT2D eigenvalue weighted by Gasteiger charge is 2.19. The second-order valence-corrected chi connectivity index (χ2v) is 8.10. The molecule has 1 saturated heterocycles. The number of amides is 2. The number of hydrogen-bond acceptors (Lipinski definition) is 5. The second-order valence-electron chi connectivity index (χ2n) is 6.46. The van der Waals surface area contributed by atoms with E-state index in [1.54, 1.807) is 46.9 Å². The van der Waals surface area contributed by atoms with E-state index in [1.165, 1.54) is 0 Å². The van der Waals surface area contributed by atoms with Crippen LogP contribution in [0.2, 0.25) is 0 Å². The molecule has 1 aliphatic rings. The van der Waals surface area contributed by atoms with E-state index in [-0.39, 0.29) is 18.2 Å². The van der Waals surface area contributed by atoms with Gasteiger partial charge < -0.3 is 10.2 Å². The molecule has 0 aliphatic carbocycles. The van der Waals surface area contributed by atoms with E-state index < -0.39 is 0 Å². The molecule has 1 aromatic carbocycles. The number of rotatable bonds is 5. The van der Waals surface area contributed by atoms with E-state index in [4.69, 9.17) is 0 Å². The van der Waals surface area contributed by atoms with Crippen molar-refractivity contribution in [3.63, 3.8) is 0 Å². The van der Waals surface area contributed by atoms with Crippen molar-refractivity contribution in [2.45, 2.75) is 19.3 Å². The first kappa shape index (κ1) is 17.9. The molecule has 1 N–H and O–H groups in total. The molecule has 0 atom stereocenters. The number of carbonyl (C=O) groups excluding carboxylic acids is 2. The molecule has 0 saturated carbocycles. The van der Waals surface area contributed by atoms with Crippen molar-refractivity contribution >= 4 is 40.2 Å². The third kappa shape index (κ3) is 4.26. The van der Waals surface area contributed by atoms with Gasteiger partial charge in [0.1, 0.15) is 5.01 Å². The van der Waals surface area contributed by atoms with Gasteiger partial charge >= 0.3 is 0 Å². The van der Waals surface area contributed by atoms with Crippen molar-refractivity contribution < 1.29 is 9.59 Å². The quantitative estimate of drug-likeness (QED) is 0.699. The summed E-state index contributed by atoms with van der Waals surface area (Å²) < 4.78 is 0. The van der Waals surface area contributed by atoms with Crippen molar-refractivity contribution in [3.8, 4) is 10.6 Å². The van der Waals surface area contributed by atoms with E-state index in [2.05, 4.69) is 10.3 Å². The zero-order valence-electron chi connectivity index (χ0n) is 14.7. The van der Waals surface area contributed by atoms with E-state index in [9.17, 15) is 9.59 Å². The highest BCUT2D eigenvalue weighted by atomic mass is 32.1. The van der Waals surface area contributed by atoms with Crippen LogP contribution in [0.4, 0.5) is 5.69 Å². The van der Waals surface area contributed by atoms with Gasteiger partial charge in [-0.05, 0) is 42.5 Å². The average Bonchev–Trinajstić information content (AvgIpc) is 3.42. The van der Waals surface area contributed by atoms with Crippen molar-refractivity contribution in [3.05, 3.63) is 57.7 Å². The smallest absolute Gasteiger partial charge is 0.253 e. The SMILES string of the molecule is O=C(Cc1csc(-c2ccsc2)n1)Nc1cccc(C(=O)N2CCCC2)c1. The standard InChI is InChI=1S/C20H19N3O2S2/c24-18(11-17-13-27-19(22-17)15-6-9-26-12-15)21-16-5-3-4-14(10-16)20(25)23-7-1-2-8-23/h3-6,9-10,12-13H,1-2,7-8,11H2,(H,21,24). The van der Waals surface area contributed by atoms with Crippen LogP contribution >= 0.6 is 22.7 Å². The van der Waals surface area contributed by atoms with Crippen molar-refractivity contribution in [2.75, 3.05) is 18.4 Å². The Hall–Kier alpha value is -2.51. The first-order valence-electron chi connectivity index (χ1n) is 8.85. The number of carbonyl (C=O) groups is 2. The van der Waals surface area contributed by atoms with E-state index in [0.29, 0.717) is 11.3 Å². The number of thiazole rings is 1. The van der Waals surface area contributed by atoms with Gasteiger partial charge in [-0.3, -0.25) is 9.59 Å². The fraction of sp³-hybridized carbons (Fsp3) is 0.250. The van der Waals surface area contributed by atoms with Gasteiger partial charge in [0.25, 0.3) is 5.91 Å². The molecule has 0 spiro atoms. The largest absolute Gasteiger partial charge is 0.339 e. The normalized spacial score (nSPS) is 13.7. The number of nitrogens with one attached hydrogen (secondary N) is 1. The maximum absolute atomic E-state index is 12.5. The van der Waals surface area contributed by atoms with Crippen LogP contribution in [0.25, 0.3) is 10.6 Å². The number of thiophene rings is 1. The number of likely N-dealkylation sites (tertiary alicyclic amines) is 1. The number of benzene rings is 1. The minimum Gasteiger partial charge on any atom is -0.339 e. The van der Waals surface area contributed by atoms with Crippen LogP contribution in [-0.2, 0) is 11.2 Å². The molecule has 4 rings (SSSR count). The third-order valence-electron chi connectivity index (χ3n) is 4.45. The highest BCUT2D eigenvalue weighted by molar-refractivity contribution is 7.14. The molecular weight excluding hydrogens is 378 g/mol. The summed E-state index contributed by atoms with van der Waals surface area (Å²) in [5.41, 5.74) is 3.09. The maximum Gasteiger partial charge on any atom is 0.253 e. The first-order chi connectivity index (χ1) is 13.2. The Kier molecular flexibility index (Phi) is 5.31. The van der Waals surface area contributed by atoms with Gasteiger partial charge in [0, 0.05) is 40.7 Å². The molecule has 5 nitrogen and oxygen atoms in total. The summed E-state index contributed by atoms with van der Waals surface area (Å²) in [7, 11) is 0. The summed E-state index contributed by atoms with van der Waals surface area (Å²) >= 11 is 3.17. The molecule has 3 aromatic rings. The van der Waals surface area contributed by atoms with Crippen molar-refractivity contribution in [1.29, 1.82) is 0 Å². The summed E-state index contributed by atoms with van der Waals surface area (Å²) in [5, 5.41) is 9.78. The number of hydrogen-bond donors (Lipinski definition) is 1. The Labute approximate surface area is 165 Å². The molecule has 3 heterocycles. The fourth-order valence-electron chi connectivity index (χ4n) is 3.11. The van der Waals surface area contributed by atoms with Gasteiger partial charge in [0.15, 0.2) is 0 Å². The van der Waals surface area contributed by atoms with E-state index in [1.807, 2.05) is 27.1 Å². The summed E-state index contributed by atoms with van der Waals surface area (Å²) in [6.45, 7) is 1.62. The van der Waals surface area contributed by atoms with Gasteiger partial charge in [-0.2, -0.15) is 11.3 Å². The molecular formula is C20H19N3O2S2. The highest BCUT2D eigenvalue weighted by Crippen LogP contribution is 2.26. The summed E-state index contributed by atoms with van der Waals surface area (Å²) in [4.78, 5) is 31.3. The van der Waals surface area contributed by atoms with Gasteiger partial charge in [-0.25, -0.2) is 4.98 Å². The predicted molar refractivity (Wildman–Crippen MR) is 109 cm³/mol. The third-order valence-corrected chi connectivity index (χ3v) is 6.07. The molecule has 2 amide bonds. The van der Waals surface area contributed by atoms with Crippen LogP contribution in [-0.4, -0.2) is 34.8 Å². The lowest BCUT2D eigenvalue weighted by molar-refractivity contribution is -0.115. The molecule has 1 aliphatic heterocycles. The minimum atomic E-state index is -0.136. The second kappa shape index (κ2) is 8.02. The molecule has 0 radical (unpaired) electrons. The summed E-state index contributed by atoms with van der Waals surface area (Å²) in [6.07, 6.45) is 2.33. The topological polar surface area (TPSA) is 62.3 Å². The van der Waals surface area contributed by atoms with E-state index >= 15 is 0 Å². The zero-order chi connectivity index (χ0) is 18.6. The Morgan fingerprint density at radius 3 is 2.78 bits per heavy atom. The Bertz CT molecular complexity index is 944. The van der Waals surface area contributed by atoms with E-state index in [0.717, 1.165) is 42.2 Å². The lowest BCUT2D eigenvalue weighted by atomic mass is 10.1. The molecule has 2 aromatic heterocycles. The molecule has 7 heteroatoms. The monoisotopic (exact) mass is 397 g/mol. The Morgan fingerprint density at radius 2 is 2.00 bits per heavy atom. The average molecular weight is 398 g/mol. The van der Waals surface area contributed by atoms with Crippen LogP contribution in [0, 0.1) is 0 Å². The summed E-state index contributed by atoms with van der Waals surface area (Å²) in [6, 6.07) is 9.17. The fourth-order valence-corrected chi connectivity index (χ4v) is 4.64. The lowest BCUT2D eigenvalue weighted by Gasteiger charge is -2.15. The Morgan fingerprint density at radius 1 is 1.15 bits per heavy atom. The number of anilines is 1. The minimum absolute atomic E-state index is 0.0310. The maximum atomic E-state index is 12.5. The first-order valence-corrected chi connectivity index (χ1v) is 10.7. The predicted octanol–water partition coefficient (Wildman–Crippen LogP) is 4.29. The van der Waals surface area contributed by atoms with Gasteiger partial charge in [-0.1, -0.05) is 6.07 Å². The molecule has 27 heavy (non-hydrogen) atoms. The number of aromatic nitrogens is 1. The molecule has 0 unspecified atom stereocenters. The van der Waals surface area contributed by atoms with Gasteiger partial charge in [-0.15, -0.1) is 11.3 Å².